The Morgan fingerprint density at radius 2 is 1.75 bits per heavy atom. The Balaban J connectivity index is 2.90. The summed E-state index contributed by atoms with van der Waals surface area (Å²) in [5.41, 5.74) is 2.58. The number of benzene rings is 1. The monoisotopic (exact) mass is 277 g/mol. The molecule has 0 aliphatic rings. The van der Waals surface area contributed by atoms with E-state index in [1.807, 2.05) is 0 Å². The Labute approximate surface area is 122 Å². The molecule has 20 heavy (non-hydrogen) atoms. The van der Waals surface area contributed by atoms with Gasteiger partial charge in [-0.25, -0.2) is 0 Å². The maximum Gasteiger partial charge on any atom is 0.246 e. The fraction of sp³-hybridized carbons (Fsp3) is 0.588. The van der Waals surface area contributed by atoms with Crippen LogP contribution < -0.4 is 5.32 Å². The molecule has 0 saturated heterocycles. The number of rotatable bonds is 5. The predicted octanol–water partition coefficient (Wildman–Crippen LogP) is 3.44. The molecule has 0 saturated carbocycles. The summed E-state index contributed by atoms with van der Waals surface area (Å²) in [6.07, 6.45) is 0. The van der Waals surface area contributed by atoms with Gasteiger partial charge in [0.15, 0.2) is 0 Å². The minimum atomic E-state index is -0.0777. The van der Waals surface area contributed by atoms with Crippen molar-refractivity contribution >= 4 is 5.91 Å². The summed E-state index contributed by atoms with van der Waals surface area (Å²) < 4.78 is 4.87. The maximum absolute atomic E-state index is 11.7. The van der Waals surface area contributed by atoms with E-state index in [1.165, 1.54) is 12.7 Å². The molecule has 0 aliphatic carbocycles. The molecule has 3 heteroatoms. The minimum Gasteiger partial charge on any atom is -0.375 e. The molecule has 0 spiro atoms. The topological polar surface area (TPSA) is 38.3 Å². The van der Waals surface area contributed by atoms with E-state index in [0.717, 1.165) is 5.56 Å². The number of carbonyl (C=O) groups is 1. The van der Waals surface area contributed by atoms with Crippen molar-refractivity contribution in [1.82, 2.24) is 5.32 Å². The van der Waals surface area contributed by atoms with Crippen molar-refractivity contribution in [2.75, 3.05) is 13.7 Å². The van der Waals surface area contributed by atoms with Crippen molar-refractivity contribution < 1.29 is 9.53 Å². The van der Waals surface area contributed by atoms with E-state index in [2.05, 4.69) is 64.2 Å². The Hall–Kier alpha value is -1.35. The number of amides is 1. The molecule has 0 heterocycles. The van der Waals surface area contributed by atoms with Gasteiger partial charge >= 0.3 is 0 Å². The van der Waals surface area contributed by atoms with E-state index in [9.17, 15) is 4.79 Å². The number of hydrogen-bond acceptors (Lipinski definition) is 2. The van der Waals surface area contributed by atoms with Gasteiger partial charge in [-0.3, -0.25) is 4.79 Å². The number of hydrogen-bond donors (Lipinski definition) is 1. The lowest BCUT2D eigenvalue weighted by Crippen LogP contribution is -2.34. The quantitative estimate of drug-likeness (QED) is 0.895. The third kappa shape index (κ3) is 4.64. The van der Waals surface area contributed by atoms with Crippen LogP contribution in [0.15, 0.2) is 24.3 Å². The molecular formula is C17H27NO2. The normalized spacial score (nSPS) is 13.3. The average molecular weight is 277 g/mol. The van der Waals surface area contributed by atoms with Gasteiger partial charge < -0.3 is 10.1 Å². The molecule has 0 radical (unpaired) electrons. The summed E-state index contributed by atoms with van der Waals surface area (Å²) in [7, 11) is 1.53. The van der Waals surface area contributed by atoms with Crippen LogP contribution in [0.3, 0.4) is 0 Å². The number of methoxy groups -OCH3 is 1. The van der Waals surface area contributed by atoms with Gasteiger partial charge in [0.25, 0.3) is 0 Å². The van der Waals surface area contributed by atoms with Gasteiger partial charge in [-0.05, 0) is 22.5 Å². The first-order valence-electron chi connectivity index (χ1n) is 7.14. The van der Waals surface area contributed by atoms with E-state index in [1.54, 1.807) is 0 Å². The lowest BCUT2D eigenvalue weighted by Gasteiger charge is -2.25. The highest BCUT2D eigenvalue weighted by Gasteiger charge is 2.19. The summed E-state index contributed by atoms with van der Waals surface area (Å²) in [6, 6.07) is 8.53. The molecule has 0 fully saturated rings. The van der Waals surface area contributed by atoms with Crippen LogP contribution in [0, 0.1) is 5.92 Å². The zero-order valence-electron chi connectivity index (χ0n) is 13.5. The molecule has 1 aromatic carbocycles. The zero-order valence-corrected chi connectivity index (χ0v) is 13.5. The Bertz CT molecular complexity index is 429. The summed E-state index contributed by atoms with van der Waals surface area (Å²) in [5.74, 6) is 0.252. The molecule has 1 atom stereocenters. The minimum absolute atomic E-state index is 0.0201. The molecule has 1 aromatic rings. The second kappa shape index (κ2) is 6.89. The summed E-state index contributed by atoms with van der Waals surface area (Å²) in [6.45, 7) is 10.9. The van der Waals surface area contributed by atoms with Crippen LogP contribution in [0.2, 0.25) is 0 Å². The van der Waals surface area contributed by atoms with Crippen LogP contribution in [0.4, 0.5) is 0 Å². The fourth-order valence-electron chi connectivity index (χ4n) is 2.17. The molecule has 0 bridgehead atoms. The molecule has 1 unspecified atom stereocenters. The van der Waals surface area contributed by atoms with Gasteiger partial charge in [-0.15, -0.1) is 0 Å². The van der Waals surface area contributed by atoms with Crippen LogP contribution in [-0.2, 0) is 14.9 Å². The van der Waals surface area contributed by atoms with E-state index in [0.29, 0.717) is 5.92 Å². The van der Waals surface area contributed by atoms with Gasteiger partial charge in [0, 0.05) is 7.11 Å². The molecule has 1 amide bonds. The lowest BCUT2D eigenvalue weighted by molar-refractivity contribution is -0.125. The highest BCUT2D eigenvalue weighted by molar-refractivity contribution is 5.77. The Morgan fingerprint density at radius 1 is 1.20 bits per heavy atom. The summed E-state index contributed by atoms with van der Waals surface area (Å²) >= 11 is 0. The summed E-state index contributed by atoms with van der Waals surface area (Å²) in [4.78, 5) is 11.7. The largest absolute Gasteiger partial charge is 0.375 e. The number of ether oxygens (including phenoxy) is 1. The molecular weight excluding hydrogens is 250 g/mol. The molecule has 3 nitrogen and oxygen atoms in total. The molecule has 112 valence electrons. The molecule has 0 aromatic heterocycles. The van der Waals surface area contributed by atoms with Crippen molar-refractivity contribution in [3.05, 3.63) is 35.4 Å². The maximum atomic E-state index is 11.7. The van der Waals surface area contributed by atoms with Crippen molar-refractivity contribution in [3.8, 4) is 0 Å². The van der Waals surface area contributed by atoms with E-state index >= 15 is 0 Å². The van der Waals surface area contributed by atoms with Crippen molar-refractivity contribution in [2.24, 2.45) is 5.92 Å². The third-order valence-corrected chi connectivity index (χ3v) is 3.39. The highest BCUT2D eigenvalue weighted by Crippen LogP contribution is 2.26. The van der Waals surface area contributed by atoms with Crippen molar-refractivity contribution in [1.29, 1.82) is 0 Å². The van der Waals surface area contributed by atoms with Crippen LogP contribution in [0.1, 0.15) is 51.8 Å². The Morgan fingerprint density at radius 3 is 2.15 bits per heavy atom. The molecule has 0 aliphatic heterocycles. The SMILES string of the molecule is COCC(=O)NC(c1ccc(C(C)(C)C)cc1)C(C)C. The third-order valence-electron chi connectivity index (χ3n) is 3.39. The van der Waals surface area contributed by atoms with Crippen LogP contribution in [-0.4, -0.2) is 19.6 Å². The van der Waals surface area contributed by atoms with Gasteiger partial charge in [-0.1, -0.05) is 58.9 Å². The van der Waals surface area contributed by atoms with E-state index < -0.39 is 0 Å². The van der Waals surface area contributed by atoms with E-state index in [-0.39, 0.29) is 24.0 Å². The first-order chi connectivity index (χ1) is 9.25. The van der Waals surface area contributed by atoms with Gasteiger partial charge in [-0.2, -0.15) is 0 Å². The van der Waals surface area contributed by atoms with Gasteiger partial charge in [0.05, 0.1) is 6.04 Å². The van der Waals surface area contributed by atoms with E-state index in [4.69, 9.17) is 4.74 Å². The van der Waals surface area contributed by atoms with Crippen LogP contribution in [0.5, 0.6) is 0 Å². The lowest BCUT2D eigenvalue weighted by atomic mass is 9.85. The van der Waals surface area contributed by atoms with Crippen LogP contribution >= 0.6 is 0 Å². The van der Waals surface area contributed by atoms with Crippen LogP contribution in [0.25, 0.3) is 0 Å². The molecule has 1 N–H and O–H groups in total. The first kappa shape index (κ1) is 16.7. The standard InChI is InChI=1S/C17H27NO2/c1-12(2)16(18-15(19)11-20-6)13-7-9-14(10-8-13)17(3,4)5/h7-10,12,16H,11H2,1-6H3,(H,18,19). The first-order valence-corrected chi connectivity index (χ1v) is 7.14. The smallest absolute Gasteiger partial charge is 0.246 e. The molecule has 1 rings (SSSR count). The van der Waals surface area contributed by atoms with Gasteiger partial charge in [0.2, 0.25) is 5.91 Å². The average Bonchev–Trinajstić information content (AvgIpc) is 2.35. The number of carbonyl (C=O) groups excluding carboxylic acids is 1. The highest BCUT2D eigenvalue weighted by atomic mass is 16.5. The van der Waals surface area contributed by atoms with Crippen molar-refractivity contribution in [3.63, 3.8) is 0 Å². The number of nitrogens with one attached hydrogen (secondary N) is 1. The second-order valence-electron chi connectivity index (χ2n) is 6.59. The predicted molar refractivity (Wildman–Crippen MR) is 82.7 cm³/mol. The summed E-state index contributed by atoms with van der Waals surface area (Å²) in [5, 5.41) is 3.03. The van der Waals surface area contributed by atoms with Crippen molar-refractivity contribution in [2.45, 2.75) is 46.1 Å². The fourth-order valence-corrected chi connectivity index (χ4v) is 2.17. The zero-order chi connectivity index (χ0) is 15.3. The van der Waals surface area contributed by atoms with Gasteiger partial charge in [0.1, 0.15) is 6.61 Å². The Kier molecular flexibility index (Phi) is 5.75. The second-order valence-corrected chi connectivity index (χ2v) is 6.59.